The number of nitrogens with zero attached hydrogens (tertiary/aromatic N) is 2. The van der Waals surface area contributed by atoms with Crippen molar-refractivity contribution < 1.29 is 18.7 Å². The third-order valence-electron chi connectivity index (χ3n) is 2.35. The highest BCUT2D eigenvalue weighted by Crippen LogP contribution is 2.13. The Morgan fingerprint density at radius 1 is 1.26 bits per heavy atom. The van der Waals surface area contributed by atoms with Crippen molar-refractivity contribution in [2.45, 2.75) is 6.54 Å². The molecule has 5 nitrogen and oxygen atoms in total. The van der Waals surface area contributed by atoms with E-state index in [1.165, 1.54) is 12.4 Å². The Morgan fingerprint density at radius 2 is 2.00 bits per heavy atom. The van der Waals surface area contributed by atoms with E-state index in [4.69, 9.17) is 5.11 Å². The predicted octanol–water partition coefficient (Wildman–Crippen LogP) is 2.07. The maximum Gasteiger partial charge on any atom is 0.358 e. The standard InChI is InChI=1S/C12H9F2N3O2/c13-8-1-2-9(14)7(5-8)6-17-11-10(12(18)19)15-3-4-16-11/h1-5H,6H2,(H,16,17)(H,18,19). The van der Waals surface area contributed by atoms with Gasteiger partial charge in [-0.15, -0.1) is 0 Å². The van der Waals surface area contributed by atoms with Gasteiger partial charge in [-0.1, -0.05) is 0 Å². The van der Waals surface area contributed by atoms with Gasteiger partial charge in [-0.25, -0.2) is 23.5 Å². The molecule has 0 saturated carbocycles. The van der Waals surface area contributed by atoms with Gasteiger partial charge in [-0.3, -0.25) is 0 Å². The summed E-state index contributed by atoms with van der Waals surface area (Å²) in [5, 5.41) is 11.5. The molecule has 2 N–H and O–H groups in total. The van der Waals surface area contributed by atoms with Crippen LogP contribution < -0.4 is 5.32 Å². The lowest BCUT2D eigenvalue weighted by atomic mass is 10.2. The summed E-state index contributed by atoms with van der Waals surface area (Å²) in [5.74, 6) is -2.42. The first-order chi connectivity index (χ1) is 9.08. The number of carbonyl (C=O) groups is 1. The van der Waals surface area contributed by atoms with Gasteiger partial charge in [0.25, 0.3) is 0 Å². The van der Waals surface area contributed by atoms with Gasteiger partial charge in [-0.05, 0) is 18.2 Å². The highest BCUT2D eigenvalue weighted by Gasteiger charge is 2.13. The highest BCUT2D eigenvalue weighted by atomic mass is 19.1. The van der Waals surface area contributed by atoms with Crippen LogP contribution in [0.1, 0.15) is 16.1 Å². The van der Waals surface area contributed by atoms with Crippen LogP contribution in [0, 0.1) is 11.6 Å². The van der Waals surface area contributed by atoms with Crippen LogP contribution in [0.2, 0.25) is 0 Å². The van der Waals surface area contributed by atoms with Crippen LogP contribution in [0.4, 0.5) is 14.6 Å². The van der Waals surface area contributed by atoms with Crippen molar-refractivity contribution in [2.24, 2.45) is 0 Å². The number of aromatic carboxylic acids is 1. The van der Waals surface area contributed by atoms with Gasteiger partial charge in [0.1, 0.15) is 11.6 Å². The summed E-state index contributed by atoms with van der Waals surface area (Å²) in [5.41, 5.74) is -0.207. The summed E-state index contributed by atoms with van der Waals surface area (Å²) in [6, 6.07) is 3.03. The van der Waals surface area contributed by atoms with Gasteiger partial charge in [-0.2, -0.15) is 0 Å². The molecule has 0 saturated heterocycles. The summed E-state index contributed by atoms with van der Waals surface area (Å²) < 4.78 is 26.3. The number of anilines is 1. The molecule has 0 radical (unpaired) electrons. The fourth-order valence-corrected chi connectivity index (χ4v) is 1.48. The molecule has 0 aliphatic heterocycles. The van der Waals surface area contributed by atoms with Crippen LogP contribution in [0.5, 0.6) is 0 Å². The molecule has 0 unspecified atom stereocenters. The molecule has 2 aromatic rings. The molecule has 1 aromatic carbocycles. The summed E-state index contributed by atoms with van der Waals surface area (Å²) in [6.45, 7) is -0.0947. The molecule has 0 fully saturated rings. The molecule has 1 heterocycles. The SMILES string of the molecule is O=C(O)c1nccnc1NCc1cc(F)ccc1F. The van der Waals surface area contributed by atoms with Crippen LogP contribution in [-0.4, -0.2) is 21.0 Å². The number of carboxylic acid groups (broad SMARTS) is 1. The second-order valence-corrected chi connectivity index (χ2v) is 3.65. The lowest BCUT2D eigenvalue weighted by molar-refractivity contribution is 0.0691. The summed E-state index contributed by atoms with van der Waals surface area (Å²) in [7, 11) is 0. The topological polar surface area (TPSA) is 75.1 Å². The number of carboxylic acids is 1. The van der Waals surface area contributed by atoms with Crippen molar-refractivity contribution in [3.05, 3.63) is 53.5 Å². The second kappa shape index (κ2) is 5.38. The monoisotopic (exact) mass is 265 g/mol. The Kier molecular flexibility index (Phi) is 3.65. The Morgan fingerprint density at radius 3 is 2.74 bits per heavy atom. The van der Waals surface area contributed by atoms with Crippen LogP contribution in [0.3, 0.4) is 0 Å². The fraction of sp³-hybridized carbons (Fsp3) is 0.0833. The summed E-state index contributed by atoms with van der Waals surface area (Å²) in [4.78, 5) is 18.3. The molecular weight excluding hydrogens is 256 g/mol. The Labute approximate surface area is 106 Å². The maximum atomic E-state index is 13.4. The van der Waals surface area contributed by atoms with Crippen molar-refractivity contribution >= 4 is 11.8 Å². The van der Waals surface area contributed by atoms with Gasteiger partial charge in [0, 0.05) is 24.5 Å². The first kappa shape index (κ1) is 12.9. The quantitative estimate of drug-likeness (QED) is 0.885. The van der Waals surface area contributed by atoms with Crippen molar-refractivity contribution in [1.29, 1.82) is 0 Å². The van der Waals surface area contributed by atoms with Crippen molar-refractivity contribution in [3.63, 3.8) is 0 Å². The second-order valence-electron chi connectivity index (χ2n) is 3.65. The molecule has 98 valence electrons. The van der Waals surface area contributed by atoms with E-state index in [2.05, 4.69) is 15.3 Å². The zero-order valence-corrected chi connectivity index (χ0v) is 9.60. The normalized spacial score (nSPS) is 10.2. The van der Waals surface area contributed by atoms with E-state index in [-0.39, 0.29) is 23.6 Å². The van der Waals surface area contributed by atoms with E-state index < -0.39 is 17.6 Å². The number of aromatic nitrogens is 2. The number of hydrogen-bond donors (Lipinski definition) is 2. The van der Waals surface area contributed by atoms with Gasteiger partial charge in [0.15, 0.2) is 11.5 Å². The molecule has 7 heteroatoms. The highest BCUT2D eigenvalue weighted by molar-refractivity contribution is 5.90. The molecule has 1 aromatic heterocycles. The minimum Gasteiger partial charge on any atom is -0.476 e. The van der Waals surface area contributed by atoms with E-state index in [0.717, 1.165) is 18.2 Å². The average Bonchev–Trinajstić information content (AvgIpc) is 2.40. The first-order valence-corrected chi connectivity index (χ1v) is 5.30. The molecule has 0 bridgehead atoms. The van der Waals surface area contributed by atoms with Crippen LogP contribution in [0.15, 0.2) is 30.6 Å². The maximum absolute atomic E-state index is 13.4. The van der Waals surface area contributed by atoms with Crippen molar-refractivity contribution in [1.82, 2.24) is 9.97 Å². The lowest BCUT2D eigenvalue weighted by Crippen LogP contribution is -2.10. The molecule has 0 atom stereocenters. The molecule has 0 spiro atoms. The number of halogens is 2. The van der Waals surface area contributed by atoms with Gasteiger partial charge in [0.2, 0.25) is 0 Å². The van der Waals surface area contributed by atoms with E-state index in [1.807, 2.05) is 0 Å². The van der Waals surface area contributed by atoms with Crippen LogP contribution >= 0.6 is 0 Å². The molecule has 0 aliphatic carbocycles. The molecular formula is C12H9F2N3O2. The van der Waals surface area contributed by atoms with Crippen molar-refractivity contribution in [3.8, 4) is 0 Å². The number of hydrogen-bond acceptors (Lipinski definition) is 4. The zero-order valence-electron chi connectivity index (χ0n) is 9.60. The van der Waals surface area contributed by atoms with Gasteiger partial charge in [0.05, 0.1) is 0 Å². The zero-order chi connectivity index (χ0) is 13.8. The molecule has 0 amide bonds. The molecule has 19 heavy (non-hydrogen) atoms. The van der Waals surface area contributed by atoms with E-state index in [9.17, 15) is 13.6 Å². The smallest absolute Gasteiger partial charge is 0.358 e. The number of benzene rings is 1. The van der Waals surface area contributed by atoms with Gasteiger partial charge < -0.3 is 10.4 Å². The van der Waals surface area contributed by atoms with Crippen molar-refractivity contribution in [2.75, 3.05) is 5.32 Å². The number of nitrogens with one attached hydrogen (secondary N) is 1. The minimum absolute atomic E-state index is 0.00124. The van der Waals surface area contributed by atoms with E-state index >= 15 is 0 Å². The molecule has 0 aliphatic rings. The summed E-state index contributed by atoms with van der Waals surface area (Å²) in [6.07, 6.45) is 2.54. The minimum atomic E-state index is -1.25. The summed E-state index contributed by atoms with van der Waals surface area (Å²) >= 11 is 0. The third kappa shape index (κ3) is 3.01. The van der Waals surface area contributed by atoms with E-state index in [0.29, 0.717) is 0 Å². The lowest BCUT2D eigenvalue weighted by Gasteiger charge is -2.08. The Balaban J connectivity index is 2.19. The fourth-order valence-electron chi connectivity index (χ4n) is 1.48. The third-order valence-corrected chi connectivity index (χ3v) is 2.35. The predicted molar refractivity (Wildman–Crippen MR) is 62.7 cm³/mol. The Hall–Kier alpha value is -2.57. The Bertz CT molecular complexity index is 620. The van der Waals surface area contributed by atoms with E-state index in [1.54, 1.807) is 0 Å². The van der Waals surface area contributed by atoms with Gasteiger partial charge >= 0.3 is 5.97 Å². The van der Waals surface area contributed by atoms with Crippen LogP contribution in [-0.2, 0) is 6.54 Å². The first-order valence-electron chi connectivity index (χ1n) is 5.30. The largest absolute Gasteiger partial charge is 0.476 e. The molecule has 2 rings (SSSR count). The number of rotatable bonds is 4. The average molecular weight is 265 g/mol. The van der Waals surface area contributed by atoms with Crippen LogP contribution in [0.25, 0.3) is 0 Å².